The topological polar surface area (TPSA) is 35.5 Å². The molecule has 3 nitrogen and oxygen atoms in total. The van der Waals surface area contributed by atoms with Crippen LogP contribution in [0.4, 0.5) is 17.1 Å². The highest BCUT2D eigenvalue weighted by molar-refractivity contribution is 7.99. The molecule has 0 aliphatic carbocycles. The van der Waals surface area contributed by atoms with Gasteiger partial charge in [0.2, 0.25) is 0 Å². The maximum Gasteiger partial charge on any atom is 0.0650 e. The molecule has 0 amide bonds. The molecular formula is C18H22N2OS. The number of para-hydroxylation sites is 1. The molecule has 1 unspecified atom stereocenters. The van der Waals surface area contributed by atoms with E-state index in [2.05, 4.69) is 44.3 Å². The minimum absolute atomic E-state index is 0.104. The standard InChI is InChI=1S/C18H22N2OS/c1-12(2)10-13(3)20(21)14-8-9-16-18(11-14)22-17-7-5-4-6-15(17)19-16/h4-9,11-13,19,21H,10H2,1-3H3. The molecule has 1 heterocycles. The monoisotopic (exact) mass is 314 g/mol. The van der Waals surface area contributed by atoms with Gasteiger partial charge in [0, 0.05) is 9.79 Å². The summed E-state index contributed by atoms with van der Waals surface area (Å²) >= 11 is 1.74. The van der Waals surface area contributed by atoms with Crippen LogP contribution in [-0.4, -0.2) is 11.2 Å². The molecule has 0 bridgehead atoms. The first-order valence-corrected chi connectivity index (χ1v) is 8.52. The summed E-state index contributed by atoms with van der Waals surface area (Å²) in [6.07, 6.45) is 0.960. The van der Waals surface area contributed by atoms with E-state index in [1.807, 2.05) is 24.3 Å². The van der Waals surface area contributed by atoms with Crippen LogP contribution in [0.1, 0.15) is 27.2 Å². The van der Waals surface area contributed by atoms with Crippen LogP contribution in [0.25, 0.3) is 0 Å². The number of hydroxylamine groups is 1. The lowest BCUT2D eigenvalue weighted by molar-refractivity contribution is 0.209. The first-order chi connectivity index (χ1) is 10.5. The number of rotatable bonds is 4. The van der Waals surface area contributed by atoms with Crippen molar-refractivity contribution in [1.82, 2.24) is 0 Å². The third-order valence-electron chi connectivity index (χ3n) is 3.84. The van der Waals surface area contributed by atoms with E-state index in [9.17, 15) is 5.21 Å². The third-order valence-corrected chi connectivity index (χ3v) is 4.97. The first kappa shape index (κ1) is 15.3. The third kappa shape index (κ3) is 3.08. The van der Waals surface area contributed by atoms with Crippen molar-refractivity contribution in [2.24, 2.45) is 5.92 Å². The summed E-state index contributed by atoms with van der Waals surface area (Å²) in [7, 11) is 0. The van der Waals surface area contributed by atoms with Crippen molar-refractivity contribution in [3.63, 3.8) is 0 Å². The summed E-state index contributed by atoms with van der Waals surface area (Å²) in [6.45, 7) is 6.40. The maximum absolute atomic E-state index is 10.4. The minimum Gasteiger partial charge on any atom is -0.354 e. The number of hydrogen-bond donors (Lipinski definition) is 2. The summed E-state index contributed by atoms with van der Waals surface area (Å²) in [6, 6.07) is 14.4. The van der Waals surface area contributed by atoms with Gasteiger partial charge in [-0.3, -0.25) is 10.3 Å². The second kappa shape index (κ2) is 6.23. The molecule has 116 valence electrons. The second-order valence-corrected chi connectivity index (χ2v) is 7.31. The number of benzene rings is 2. The van der Waals surface area contributed by atoms with E-state index in [1.54, 1.807) is 11.8 Å². The molecule has 1 aliphatic heterocycles. The zero-order valence-electron chi connectivity index (χ0n) is 13.2. The van der Waals surface area contributed by atoms with Crippen LogP contribution in [-0.2, 0) is 0 Å². The smallest absolute Gasteiger partial charge is 0.0650 e. The Bertz CT molecular complexity index is 672. The average Bonchev–Trinajstić information content (AvgIpc) is 2.51. The second-order valence-electron chi connectivity index (χ2n) is 6.23. The molecule has 22 heavy (non-hydrogen) atoms. The summed E-state index contributed by atoms with van der Waals surface area (Å²) in [5, 5.41) is 15.3. The van der Waals surface area contributed by atoms with Gasteiger partial charge < -0.3 is 5.32 Å². The zero-order valence-corrected chi connectivity index (χ0v) is 14.0. The van der Waals surface area contributed by atoms with E-state index in [-0.39, 0.29) is 6.04 Å². The molecule has 2 N–H and O–H groups in total. The Hall–Kier alpha value is -1.65. The van der Waals surface area contributed by atoms with E-state index in [0.29, 0.717) is 5.92 Å². The number of hydrogen-bond acceptors (Lipinski definition) is 4. The van der Waals surface area contributed by atoms with Crippen molar-refractivity contribution in [3.8, 4) is 0 Å². The van der Waals surface area contributed by atoms with Gasteiger partial charge >= 0.3 is 0 Å². The van der Waals surface area contributed by atoms with Crippen LogP contribution in [0.5, 0.6) is 0 Å². The molecular weight excluding hydrogens is 292 g/mol. The summed E-state index contributed by atoms with van der Waals surface area (Å²) < 4.78 is 0. The number of nitrogens with zero attached hydrogens (tertiary/aromatic N) is 1. The molecule has 0 fully saturated rings. The van der Waals surface area contributed by atoms with Gasteiger partial charge in [0.05, 0.1) is 23.1 Å². The maximum atomic E-state index is 10.4. The fraction of sp³-hybridized carbons (Fsp3) is 0.333. The predicted octanol–water partition coefficient (Wildman–Crippen LogP) is 5.53. The SMILES string of the molecule is CC(C)CC(C)N(O)c1ccc2c(c1)Sc1ccccc1N2. The van der Waals surface area contributed by atoms with Crippen LogP contribution >= 0.6 is 11.8 Å². The highest BCUT2D eigenvalue weighted by Gasteiger charge is 2.19. The van der Waals surface area contributed by atoms with Gasteiger partial charge in [-0.15, -0.1) is 0 Å². The van der Waals surface area contributed by atoms with Crippen molar-refractivity contribution in [2.75, 3.05) is 10.4 Å². The summed E-state index contributed by atoms with van der Waals surface area (Å²) in [4.78, 5) is 2.36. The van der Waals surface area contributed by atoms with E-state index in [0.717, 1.165) is 28.4 Å². The molecule has 2 aromatic carbocycles. The molecule has 0 spiro atoms. The fourth-order valence-electron chi connectivity index (χ4n) is 2.80. The summed E-state index contributed by atoms with van der Waals surface area (Å²) in [5.41, 5.74) is 3.08. The number of fused-ring (bicyclic) bond motifs is 2. The highest BCUT2D eigenvalue weighted by atomic mass is 32.2. The van der Waals surface area contributed by atoms with Gasteiger partial charge in [0.15, 0.2) is 0 Å². The largest absolute Gasteiger partial charge is 0.354 e. The Morgan fingerprint density at radius 3 is 2.55 bits per heavy atom. The molecule has 0 saturated heterocycles. The fourth-order valence-corrected chi connectivity index (χ4v) is 3.82. The van der Waals surface area contributed by atoms with Crippen LogP contribution in [0.15, 0.2) is 52.3 Å². The lowest BCUT2D eigenvalue weighted by Crippen LogP contribution is -2.30. The van der Waals surface area contributed by atoms with Gasteiger partial charge in [-0.05, 0) is 49.6 Å². The highest BCUT2D eigenvalue weighted by Crippen LogP contribution is 2.45. The van der Waals surface area contributed by atoms with Crippen molar-refractivity contribution >= 4 is 28.8 Å². The predicted molar refractivity (Wildman–Crippen MR) is 93.5 cm³/mol. The molecule has 1 atom stereocenters. The molecule has 3 rings (SSSR count). The Balaban J connectivity index is 1.83. The Labute approximate surface area is 136 Å². The van der Waals surface area contributed by atoms with E-state index < -0.39 is 0 Å². The summed E-state index contributed by atoms with van der Waals surface area (Å²) in [5.74, 6) is 0.560. The van der Waals surface area contributed by atoms with Crippen LogP contribution in [0.2, 0.25) is 0 Å². The Kier molecular flexibility index (Phi) is 4.32. The lowest BCUT2D eigenvalue weighted by atomic mass is 10.0. The van der Waals surface area contributed by atoms with Crippen LogP contribution < -0.4 is 10.4 Å². The Morgan fingerprint density at radius 1 is 1.05 bits per heavy atom. The van der Waals surface area contributed by atoms with Gasteiger partial charge in [0.1, 0.15) is 0 Å². The Morgan fingerprint density at radius 2 is 1.77 bits per heavy atom. The molecule has 4 heteroatoms. The molecule has 0 saturated carbocycles. The van der Waals surface area contributed by atoms with Gasteiger partial charge in [0.25, 0.3) is 0 Å². The van der Waals surface area contributed by atoms with Gasteiger partial charge in [-0.1, -0.05) is 37.7 Å². The van der Waals surface area contributed by atoms with Gasteiger partial charge in [-0.25, -0.2) is 0 Å². The van der Waals surface area contributed by atoms with Crippen LogP contribution in [0.3, 0.4) is 0 Å². The average molecular weight is 314 g/mol. The molecule has 0 radical (unpaired) electrons. The van der Waals surface area contributed by atoms with Crippen molar-refractivity contribution < 1.29 is 5.21 Å². The first-order valence-electron chi connectivity index (χ1n) is 7.70. The minimum atomic E-state index is 0.104. The van der Waals surface area contributed by atoms with Crippen LogP contribution in [0, 0.1) is 5.92 Å². The van der Waals surface area contributed by atoms with E-state index in [4.69, 9.17) is 0 Å². The van der Waals surface area contributed by atoms with Crippen molar-refractivity contribution in [1.29, 1.82) is 0 Å². The van der Waals surface area contributed by atoms with E-state index in [1.165, 1.54) is 9.96 Å². The number of anilines is 3. The molecule has 2 aromatic rings. The quantitative estimate of drug-likeness (QED) is 0.621. The molecule has 0 aromatic heterocycles. The van der Waals surface area contributed by atoms with Crippen molar-refractivity contribution in [2.45, 2.75) is 43.0 Å². The normalized spacial score (nSPS) is 14.0. The van der Waals surface area contributed by atoms with Crippen molar-refractivity contribution in [3.05, 3.63) is 42.5 Å². The van der Waals surface area contributed by atoms with Gasteiger partial charge in [-0.2, -0.15) is 0 Å². The number of nitrogens with one attached hydrogen (secondary N) is 1. The van der Waals surface area contributed by atoms with E-state index >= 15 is 0 Å². The molecule has 1 aliphatic rings. The lowest BCUT2D eigenvalue weighted by Gasteiger charge is -2.28. The zero-order chi connectivity index (χ0) is 15.7.